The van der Waals surface area contributed by atoms with Crippen LogP contribution in [0, 0.1) is 6.92 Å². The molecule has 0 radical (unpaired) electrons. The summed E-state index contributed by atoms with van der Waals surface area (Å²) in [4.78, 5) is 4.64. The first kappa shape index (κ1) is 12.1. The van der Waals surface area contributed by atoms with Crippen LogP contribution in [0.1, 0.15) is 37.6 Å². The number of aliphatic hydroxyl groups is 1. The van der Waals surface area contributed by atoms with Gasteiger partial charge in [-0.1, -0.05) is 39.0 Å². The molecule has 2 nitrogen and oxygen atoms in total. The number of benzene rings is 1. The quantitative estimate of drug-likeness (QED) is 0.813. The highest BCUT2D eigenvalue weighted by Crippen LogP contribution is 2.30. The molecule has 0 unspecified atom stereocenters. The van der Waals surface area contributed by atoms with Gasteiger partial charge < -0.3 is 5.11 Å². The lowest BCUT2D eigenvalue weighted by Crippen LogP contribution is -2.12. The normalized spacial score (nSPS) is 12.1. The average Bonchev–Trinajstić information content (AvgIpc) is 2.25. The van der Waals surface area contributed by atoms with Crippen LogP contribution < -0.4 is 0 Å². The topological polar surface area (TPSA) is 33.1 Å². The van der Waals surface area contributed by atoms with Crippen LogP contribution in [0.25, 0.3) is 10.9 Å². The molecular formula is C15H19NO. The lowest BCUT2D eigenvalue weighted by molar-refractivity contribution is 0.283. The number of aromatic nitrogens is 1. The SMILES string of the molecule is Cc1cc(CO)c2cccc(C(C)(C)C)c2n1. The zero-order valence-corrected chi connectivity index (χ0v) is 10.9. The first-order valence-electron chi connectivity index (χ1n) is 5.94. The first-order valence-corrected chi connectivity index (χ1v) is 5.94. The third-order valence-corrected chi connectivity index (χ3v) is 3.03. The number of aryl methyl sites for hydroxylation is 1. The highest BCUT2D eigenvalue weighted by Gasteiger charge is 2.18. The predicted molar refractivity (Wildman–Crippen MR) is 71.1 cm³/mol. The minimum atomic E-state index is 0.0625. The van der Waals surface area contributed by atoms with Crippen molar-refractivity contribution < 1.29 is 5.11 Å². The fourth-order valence-electron chi connectivity index (χ4n) is 2.20. The molecule has 0 aliphatic carbocycles. The lowest BCUT2D eigenvalue weighted by atomic mass is 9.85. The summed E-state index contributed by atoms with van der Waals surface area (Å²) >= 11 is 0. The van der Waals surface area contributed by atoms with E-state index < -0.39 is 0 Å². The number of rotatable bonds is 1. The molecule has 1 aromatic carbocycles. The van der Waals surface area contributed by atoms with Crippen molar-refractivity contribution in [1.29, 1.82) is 0 Å². The number of nitrogens with zero attached hydrogens (tertiary/aromatic N) is 1. The van der Waals surface area contributed by atoms with E-state index in [4.69, 9.17) is 0 Å². The van der Waals surface area contributed by atoms with Crippen LogP contribution in [-0.4, -0.2) is 10.1 Å². The second-order valence-electron chi connectivity index (χ2n) is 5.53. The first-order chi connectivity index (χ1) is 7.93. The van der Waals surface area contributed by atoms with Crippen molar-refractivity contribution in [2.45, 2.75) is 39.7 Å². The van der Waals surface area contributed by atoms with Crippen molar-refractivity contribution in [3.05, 3.63) is 41.1 Å². The second kappa shape index (κ2) is 4.11. The van der Waals surface area contributed by atoms with Gasteiger partial charge in [-0.3, -0.25) is 4.98 Å². The highest BCUT2D eigenvalue weighted by molar-refractivity contribution is 5.86. The van der Waals surface area contributed by atoms with Crippen LogP contribution in [0.5, 0.6) is 0 Å². The van der Waals surface area contributed by atoms with E-state index in [1.807, 2.05) is 25.1 Å². The van der Waals surface area contributed by atoms with E-state index in [1.165, 1.54) is 5.56 Å². The van der Waals surface area contributed by atoms with Gasteiger partial charge in [0.05, 0.1) is 12.1 Å². The maximum Gasteiger partial charge on any atom is 0.0746 e. The molecule has 0 amide bonds. The van der Waals surface area contributed by atoms with Crippen molar-refractivity contribution in [1.82, 2.24) is 4.98 Å². The van der Waals surface area contributed by atoms with Gasteiger partial charge in [0.2, 0.25) is 0 Å². The maximum absolute atomic E-state index is 9.43. The molecule has 2 aromatic rings. The number of hydrogen-bond acceptors (Lipinski definition) is 2. The van der Waals surface area contributed by atoms with E-state index in [2.05, 4.69) is 31.8 Å². The van der Waals surface area contributed by atoms with Crippen molar-refractivity contribution in [3.63, 3.8) is 0 Å². The van der Waals surface area contributed by atoms with Gasteiger partial charge in [0.15, 0.2) is 0 Å². The third-order valence-electron chi connectivity index (χ3n) is 3.03. The summed E-state index contributed by atoms with van der Waals surface area (Å²) in [7, 11) is 0. The molecule has 0 bridgehead atoms. The van der Waals surface area contributed by atoms with E-state index in [0.29, 0.717) is 0 Å². The molecule has 1 N–H and O–H groups in total. The van der Waals surface area contributed by atoms with Crippen LogP contribution in [-0.2, 0) is 12.0 Å². The van der Waals surface area contributed by atoms with Gasteiger partial charge in [-0.15, -0.1) is 0 Å². The van der Waals surface area contributed by atoms with Gasteiger partial charge in [0.25, 0.3) is 0 Å². The van der Waals surface area contributed by atoms with Gasteiger partial charge in [0, 0.05) is 11.1 Å². The van der Waals surface area contributed by atoms with Crippen molar-refractivity contribution in [3.8, 4) is 0 Å². The zero-order valence-electron chi connectivity index (χ0n) is 10.9. The Bertz CT molecular complexity index is 553. The van der Waals surface area contributed by atoms with Crippen LogP contribution in [0.4, 0.5) is 0 Å². The Morgan fingerprint density at radius 1 is 1.24 bits per heavy atom. The third kappa shape index (κ3) is 2.18. The minimum absolute atomic E-state index is 0.0625. The van der Waals surface area contributed by atoms with Crippen molar-refractivity contribution in [2.75, 3.05) is 0 Å². The van der Waals surface area contributed by atoms with Gasteiger partial charge in [-0.05, 0) is 29.5 Å². The highest BCUT2D eigenvalue weighted by atomic mass is 16.3. The Labute approximate surface area is 102 Å². The van der Waals surface area contributed by atoms with Crippen LogP contribution in [0.2, 0.25) is 0 Å². The Hall–Kier alpha value is -1.41. The summed E-state index contributed by atoms with van der Waals surface area (Å²) in [6.07, 6.45) is 0. The Morgan fingerprint density at radius 2 is 1.94 bits per heavy atom. The molecule has 0 spiro atoms. The van der Waals surface area contributed by atoms with Crippen molar-refractivity contribution in [2.24, 2.45) is 0 Å². The summed E-state index contributed by atoms with van der Waals surface area (Å²) in [6, 6.07) is 8.15. The van der Waals surface area contributed by atoms with Crippen LogP contribution in [0.15, 0.2) is 24.3 Å². The molecule has 0 atom stereocenters. The molecule has 1 heterocycles. The smallest absolute Gasteiger partial charge is 0.0746 e. The lowest BCUT2D eigenvalue weighted by Gasteiger charge is -2.21. The Balaban J connectivity index is 2.85. The number of hydrogen-bond donors (Lipinski definition) is 1. The summed E-state index contributed by atoms with van der Waals surface area (Å²) in [5, 5.41) is 10.5. The number of pyridine rings is 1. The zero-order chi connectivity index (χ0) is 12.6. The molecule has 0 aliphatic heterocycles. The molecule has 0 saturated carbocycles. The molecule has 17 heavy (non-hydrogen) atoms. The fraction of sp³-hybridized carbons (Fsp3) is 0.400. The van der Waals surface area contributed by atoms with Crippen LogP contribution >= 0.6 is 0 Å². The molecule has 0 fully saturated rings. The minimum Gasteiger partial charge on any atom is -0.392 e. The van der Waals surface area contributed by atoms with Gasteiger partial charge in [0.1, 0.15) is 0 Å². The molecule has 2 heteroatoms. The van der Waals surface area contributed by atoms with Crippen LogP contribution in [0.3, 0.4) is 0 Å². The van der Waals surface area contributed by atoms with E-state index in [9.17, 15) is 5.11 Å². The Morgan fingerprint density at radius 3 is 2.53 bits per heavy atom. The maximum atomic E-state index is 9.43. The molecule has 0 saturated heterocycles. The molecular weight excluding hydrogens is 210 g/mol. The van der Waals surface area contributed by atoms with E-state index in [-0.39, 0.29) is 12.0 Å². The number of fused-ring (bicyclic) bond motifs is 1. The monoisotopic (exact) mass is 229 g/mol. The fourth-order valence-corrected chi connectivity index (χ4v) is 2.20. The van der Waals surface area contributed by atoms with E-state index in [0.717, 1.165) is 22.2 Å². The molecule has 90 valence electrons. The molecule has 0 aliphatic rings. The summed E-state index contributed by atoms with van der Waals surface area (Å²) in [5.41, 5.74) is 4.22. The van der Waals surface area contributed by atoms with Gasteiger partial charge >= 0.3 is 0 Å². The summed E-state index contributed by atoms with van der Waals surface area (Å²) in [5.74, 6) is 0. The number of aliphatic hydroxyl groups excluding tert-OH is 1. The van der Waals surface area contributed by atoms with E-state index in [1.54, 1.807) is 0 Å². The standard InChI is InChI=1S/C15H19NO/c1-10-8-11(9-17)12-6-5-7-13(14(12)16-10)15(2,3)4/h5-8,17H,9H2,1-4H3. The molecule has 2 rings (SSSR count). The summed E-state index contributed by atoms with van der Waals surface area (Å²) < 4.78 is 0. The van der Waals surface area contributed by atoms with Gasteiger partial charge in [-0.2, -0.15) is 0 Å². The average molecular weight is 229 g/mol. The summed E-state index contributed by atoms with van der Waals surface area (Å²) in [6.45, 7) is 8.59. The van der Waals surface area contributed by atoms with Gasteiger partial charge in [-0.25, -0.2) is 0 Å². The predicted octanol–water partition coefficient (Wildman–Crippen LogP) is 3.33. The molecule has 1 aromatic heterocycles. The van der Waals surface area contributed by atoms with E-state index >= 15 is 0 Å². The number of para-hydroxylation sites is 1. The van der Waals surface area contributed by atoms with Crippen molar-refractivity contribution >= 4 is 10.9 Å². The Kier molecular flexibility index (Phi) is 2.92. The second-order valence-corrected chi connectivity index (χ2v) is 5.53. The largest absolute Gasteiger partial charge is 0.392 e.